The summed E-state index contributed by atoms with van der Waals surface area (Å²) in [6.45, 7) is 6.51. The van der Waals surface area contributed by atoms with Gasteiger partial charge in [-0.25, -0.2) is 0 Å². The standard InChI is InChI=1S/C23H26N2O2/c1-4-12-27-23(22-13-17-9-11-25(22)15-16(17)5-2)19-8-10-24-21-7-6-18(26-3)14-20(19)21/h1,5-8,10,14,16-17,22-23H,2,9,11-13,15H2,3H3/t16?,17?,22?,23-/m1/s1. The minimum atomic E-state index is -0.0766. The van der Waals surface area contributed by atoms with E-state index in [2.05, 4.69) is 34.5 Å². The van der Waals surface area contributed by atoms with Crippen molar-refractivity contribution < 1.29 is 9.47 Å². The number of methoxy groups -OCH3 is 1. The molecule has 4 heteroatoms. The summed E-state index contributed by atoms with van der Waals surface area (Å²) in [5.74, 6) is 4.73. The van der Waals surface area contributed by atoms with E-state index in [9.17, 15) is 0 Å². The molecule has 27 heavy (non-hydrogen) atoms. The minimum absolute atomic E-state index is 0.0766. The maximum absolute atomic E-state index is 6.25. The van der Waals surface area contributed by atoms with Crippen LogP contribution in [0.3, 0.4) is 0 Å². The molecule has 4 nitrogen and oxygen atoms in total. The summed E-state index contributed by atoms with van der Waals surface area (Å²) in [5, 5.41) is 1.07. The molecule has 0 aliphatic carbocycles. The first-order valence-corrected chi connectivity index (χ1v) is 9.59. The van der Waals surface area contributed by atoms with Crippen LogP contribution in [0.4, 0.5) is 0 Å². The number of hydrogen-bond acceptors (Lipinski definition) is 4. The Labute approximate surface area is 161 Å². The van der Waals surface area contributed by atoms with Gasteiger partial charge in [-0.15, -0.1) is 13.0 Å². The summed E-state index contributed by atoms with van der Waals surface area (Å²) in [4.78, 5) is 7.08. The summed E-state index contributed by atoms with van der Waals surface area (Å²) >= 11 is 0. The second-order valence-electron chi connectivity index (χ2n) is 7.47. The van der Waals surface area contributed by atoms with E-state index in [1.165, 1.54) is 6.42 Å². The van der Waals surface area contributed by atoms with E-state index in [4.69, 9.17) is 15.9 Å². The van der Waals surface area contributed by atoms with Crippen LogP contribution in [0.15, 0.2) is 43.1 Å². The number of rotatable bonds is 6. The molecule has 0 spiro atoms. The van der Waals surface area contributed by atoms with Gasteiger partial charge < -0.3 is 9.47 Å². The number of ether oxygens (including phenoxy) is 2. The van der Waals surface area contributed by atoms with Gasteiger partial charge in [0.2, 0.25) is 0 Å². The smallest absolute Gasteiger partial charge is 0.119 e. The van der Waals surface area contributed by atoms with Crippen molar-refractivity contribution in [3.8, 4) is 18.1 Å². The Bertz CT molecular complexity index is 872. The zero-order valence-corrected chi connectivity index (χ0v) is 15.8. The Morgan fingerprint density at radius 2 is 2.33 bits per heavy atom. The molecule has 4 heterocycles. The van der Waals surface area contributed by atoms with Crippen LogP contribution in [-0.4, -0.2) is 42.7 Å². The summed E-state index contributed by atoms with van der Waals surface area (Å²) in [6.07, 6.45) is 11.8. The number of hydrogen-bond donors (Lipinski definition) is 0. The highest BCUT2D eigenvalue weighted by Crippen LogP contribution is 2.43. The molecule has 3 aliphatic rings. The molecule has 4 unspecified atom stereocenters. The van der Waals surface area contributed by atoms with Crippen LogP contribution in [0.1, 0.15) is 24.5 Å². The average Bonchev–Trinajstić information content (AvgIpc) is 2.74. The van der Waals surface area contributed by atoms with Crippen LogP contribution in [0, 0.1) is 24.2 Å². The first-order valence-electron chi connectivity index (χ1n) is 9.59. The van der Waals surface area contributed by atoms with Crippen molar-refractivity contribution >= 4 is 10.9 Å². The van der Waals surface area contributed by atoms with Gasteiger partial charge in [0.25, 0.3) is 0 Å². The van der Waals surface area contributed by atoms with E-state index in [0.717, 1.165) is 41.7 Å². The van der Waals surface area contributed by atoms with E-state index in [-0.39, 0.29) is 6.10 Å². The van der Waals surface area contributed by atoms with E-state index in [0.29, 0.717) is 24.5 Å². The quantitative estimate of drug-likeness (QED) is 0.578. The monoisotopic (exact) mass is 362 g/mol. The third-order valence-corrected chi connectivity index (χ3v) is 6.14. The third kappa shape index (κ3) is 3.34. The Balaban J connectivity index is 1.74. The van der Waals surface area contributed by atoms with Crippen molar-refractivity contribution in [3.05, 3.63) is 48.7 Å². The largest absolute Gasteiger partial charge is 0.497 e. The molecular weight excluding hydrogens is 336 g/mol. The minimum Gasteiger partial charge on any atom is -0.497 e. The molecule has 3 saturated heterocycles. The number of benzene rings is 1. The lowest BCUT2D eigenvalue weighted by molar-refractivity contribution is -0.0673. The molecule has 140 valence electrons. The fourth-order valence-corrected chi connectivity index (χ4v) is 4.76. The van der Waals surface area contributed by atoms with Crippen molar-refractivity contribution in [1.29, 1.82) is 0 Å². The number of pyridine rings is 1. The van der Waals surface area contributed by atoms with Gasteiger partial charge in [0.15, 0.2) is 0 Å². The van der Waals surface area contributed by atoms with Gasteiger partial charge in [-0.1, -0.05) is 12.0 Å². The molecule has 2 aromatic rings. The summed E-state index contributed by atoms with van der Waals surface area (Å²) in [5.41, 5.74) is 2.09. The van der Waals surface area contributed by atoms with Gasteiger partial charge in [-0.3, -0.25) is 9.88 Å². The number of piperidine rings is 3. The molecule has 3 fully saturated rings. The topological polar surface area (TPSA) is 34.6 Å². The lowest BCUT2D eigenvalue weighted by Gasteiger charge is -2.51. The molecule has 0 N–H and O–H groups in total. The van der Waals surface area contributed by atoms with Crippen LogP contribution in [0.25, 0.3) is 10.9 Å². The van der Waals surface area contributed by atoms with Gasteiger partial charge in [-0.2, -0.15) is 0 Å². The predicted molar refractivity (Wildman–Crippen MR) is 108 cm³/mol. The van der Waals surface area contributed by atoms with Crippen LogP contribution in [0.5, 0.6) is 5.75 Å². The SMILES string of the molecule is C#CCO[C@H](c1ccnc2ccc(OC)cc12)C1CC2CCN1CC2C=C. The normalized spacial score (nSPS) is 27.9. The third-order valence-electron chi connectivity index (χ3n) is 6.14. The van der Waals surface area contributed by atoms with E-state index < -0.39 is 0 Å². The van der Waals surface area contributed by atoms with Crippen molar-refractivity contribution in [1.82, 2.24) is 9.88 Å². The summed E-state index contributed by atoms with van der Waals surface area (Å²) < 4.78 is 11.7. The van der Waals surface area contributed by atoms with Gasteiger partial charge in [-0.05, 0) is 61.1 Å². The molecule has 3 aliphatic heterocycles. The first kappa shape index (κ1) is 18.0. The van der Waals surface area contributed by atoms with Gasteiger partial charge in [0.05, 0.1) is 18.7 Å². The molecule has 1 aromatic heterocycles. The number of fused-ring (bicyclic) bond motifs is 4. The van der Waals surface area contributed by atoms with E-state index >= 15 is 0 Å². The maximum Gasteiger partial charge on any atom is 0.119 e. The molecule has 5 atom stereocenters. The van der Waals surface area contributed by atoms with Crippen molar-refractivity contribution in [2.45, 2.75) is 25.0 Å². The van der Waals surface area contributed by atoms with E-state index in [1.807, 2.05) is 24.4 Å². The number of aromatic nitrogens is 1. The fourth-order valence-electron chi connectivity index (χ4n) is 4.76. The highest BCUT2D eigenvalue weighted by atomic mass is 16.5. The van der Waals surface area contributed by atoms with Crippen molar-refractivity contribution in [2.24, 2.45) is 11.8 Å². The fraction of sp³-hybridized carbons (Fsp3) is 0.435. The Morgan fingerprint density at radius 1 is 1.44 bits per heavy atom. The molecule has 5 rings (SSSR count). The van der Waals surface area contributed by atoms with Gasteiger partial charge in [0.1, 0.15) is 12.4 Å². The maximum atomic E-state index is 6.25. The second kappa shape index (κ2) is 7.72. The molecule has 2 bridgehead atoms. The summed E-state index contributed by atoms with van der Waals surface area (Å²) in [7, 11) is 1.69. The first-order chi connectivity index (χ1) is 13.2. The van der Waals surface area contributed by atoms with Crippen molar-refractivity contribution in [3.63, 3.8) is 0 Å². The second-order valence-corrected chi connectivity index (χ2v) is 7.47. The highest BCUT2D eigenvalue weighted by Gasteiger charge is 2.43. The number of terminal acetylenes is 1. The zero-order chi connectivity index (χ0) is 18.8. The lowest BCUT2D eigenvalue weighted by atomic mass is 9.73. The Hall–Kier alpha value is -2.35. The predicted octanol–water partition coefficient (Wildman–Crippen LogP) is 3.83. The molecule has 0 saturated carbocycles. The zero-order valence-electron chi connectivity index (χ0n) is 15.8. The van der Waals surface area contributed by atoms with E-state index in [1.54, 1.807) is 7.11 Å². The van der Waals surface area contributed by atoms with Crippen LogP contribution >= 0.6 is 0 Å². The average molecular weight is 362 g/mol. The van der Waals surface area contributed by atoms with Crippen LogP contribution in [0.2, 0.25) is 0 Å². The van der Waals surface area contributed by atoms with Gasteiger partial charge in [0, 0.05) is 24.2 Å². The Morgan fingerprint density at radius 3 is 3.04 bits per heavy atom. The van der Waals surface area contributed by atoms with Crippen LogP contribution < -0.4 is 4.74 Å². The Kier molecular flexibility index (Phi) is 5.15. The molecule has 1 aromatic carbocycles. The lowest BCUT2D eigenvalue weighted by Crippen LogP contribution is -2.55. The van der Waals surface area contributed by atoms with Gasteiger partial charge >= 0.3 is 0 Å². The highest BCUT2D eigenvalue weighted by molar-refractivity contribution is 5.84. The van der Waals surface area contributed by atoms with Crippen LogP contribution in [-0.2, 0) is 4.74 Å². The molecular formula is C23H26N2O2. The number of nitrogens with zero attached hydrogens (tertiary/aromatic N) is 2. The van der Waals surface area contributed by atoms with Crippen molar-refractivity contribution in [2.75, 3.05) is 26.8 Å². The molecule has 0 radical (unpaired) electrons. The summed E-state index contributed by atoms with van der Waals surface area (Å²) in [6, 6.07) is 8.38. The molecule has 0 amide bonds.